The Morgan fingerprint density at radius 2 is 1.12 bits per heavy atom. The summed E-state index contributed by atoms with van der Waals surface area (Å²) in [7, 11) is 0. The molecule has 2 heteroatoms. The molecule has 4 rings (SSSR count). The lowest BCUT2D eigenvalue weighted by molar-refractivity contribution is 0.993. The number of anilines is 2. The second-order valence-corrected chi connectivity index (χ2v) is 6.27. The maximum atomic E-state index is 6.50. The van der Waals surface area contributed by atoms with Gasteiger partial charge in [-0.3, -0.25) is 0 Å². The monoisotopic (exact) mass is 324 g/mol. The van der Waals surface area contributed by atoms with Gasteiger partial charge < -0.3 is 11.5 Å². The van der Waals surface area contributed by atoms with Crippen LogP contribution in [0.25, 0.3) is 10.8 Å². The largest absolute Gasteiger partial charge is 0.397 e. The zero-order valence-electron chi connectivity index (χ0n) is 13.9. The predicted molar refractivity (Wildman–Crippen MR) is 107 cm³/mol. The Bertz CT molecular complexity index is 969. The van der Waals surface area contributed by atoms with Gasteiger partial charge >= 0.3 is 0 Å². The summed E-state index contributed by atoms with van der Waals surface area (Å²) in [6.07, 6.45) is 0. The molecule has 0 unspecified atom stereocenters. The first kappa shape index (κ1) is 15.3. The second kappa shape index (κ2) is 6.33. The van der Waals surface area contributed by atoms with E-state index in [1.165, 1.54) is 11.1 Å². The number of benzene rings is 4. The first-order chi connectivity index (χ1) is 12.3. The van der Waals surface area contributed by atoms with Crippen molar-refractivity contribution in [2.45, 2.75) is 5.92 Å². The minimum absolute atomic E-state index is 0.0378. The van der Waals surface area contributed by atoms with E-state index in [0.29, 0.717) is 11.4 Å². The van der Waals surface area contributed by atoms with Crippen LogP contribution in [0, 0.1) is 0 Å². The lowest BCUT2D eigenvalue weighted by Crippen LogP contribution is -2.09. The summed E-state index contributed by atoms with van der Waals surface area (Å²) in [5.41, 5.74) is 17.5. The van der Waals surface area contributed by atoms with Crippen LogP contribution in [0.2, 0.25) is 0 Å². The molecule has 0 radical (unpaired) electrons. The SMILES string of the molecule is Nc1cc2ccccc2c(C(c2ccccc2)c2ccccc2)c1N. The minimum atomic E-state index is 0.0378. The van der Waals surface area contributed by atoms with Crippen molar-refractivity contribution in [1.29, 1.82) is 0 Å². The van der Waals surface area contributed by atoms with E-state index in [2.05, 4.69) is 66.7 Å². The highest BCUT2D eigenvalue weighted by Crippen LogP contribution is 2.41. The highest BCUT2D eigenvalue weighted by atomic mass is 14.7. The molecule has 0 aromatic heterocycles. The molecule has 0 aliphatic heterocycles. The smallest absolute Gasteiger partial charge is 0.0596 e. The predicted octanol–water partition coefficient (Wildman–Crippen LogP) is 5.18. The van der Waals surface area contributed by atoms with E-state index in [4.69, 9.17) is 11.5 Å². The summed E-state index contributed by atoms with van der Waals surface area (Å²) in [4.78, 5) is 0. The number of nitrogen functional groups attached to an aromatic ring is 2. The van der Waals surface area contributed by atoms with Crippen molar-refractivity contribution in [2.24, 2.45) is 0 Å². The average Bonchev–Trinajstić information content (AvgIpc) is 2.67. The van der Waals surface area contributed by atoms with Gasteiger partial charge in [-0.2, -0.15) is 0 Å². The molecule has 0 saturated heterocycles. The van der Waals surface area contributed by atoms with Crippen molar-refractivity contribution < 1.29 is 0 Å². The van der Waals surface area contributed by atoms with Gasteiger partial charge in [0.05, 0.1) is 11.4 Å². The molecule has 4 N–H and O–H groups in total. The van der Waals surface area contributed by atoms with Crippen molar-refractivity contribution >= 4 is 22.1 Å². The van der Waals surface area contributed by atoms with Crippen LogP contribution in [0.1, 0.15) is 22.6 Å². The van der Waals surface area contributed by atoms with Crippen LogP contribution in [0.4, 0.5) is 11.4 Å². The van der Waals surface area contributed by atoms with E-state index in [1.54, 1.807) is 0 Å². The summed E-state index contributed by atoms with van der Waals surface area (Å²) in [6, 6.07) is 31.2. The third kappa shape index (κ3) is 2.72. The Morgan fingerprint density at radius 1 is 0.600 bits per heavy atom. The average molecular weight is 324 g/mol. The molecule has 4 aromatic carbocycles. The molecule has 122 valence electrons. The van der Waals surface area contributed by atoms with E-state index in [1.807, 2.05) is 24.3 Å². The molecule has 0 aliphatic carbocycles. The van der Waals surface area contributed by atoms with Gasteiger partial charge in [0.25, 0.3) is 0 Å². The fourth-order valence-corrected chi connectivity index (χ4v) is 3.54. The summed E-state index contributed by atoms with van der Waals surface area (Å²) < 4.78 is 0. The number of rotatable bonds is 3. The Hall–Kier alpha value is -3.26. The lowest BCUT2D eigenvalue weighted by atomic mass is 9.81. The molecule has 2 nitrogen and oxygen atoms in total. The summed E-state index contributed by atoms with van der Waals surface area (Å²) in [5, 5.41) is 2.26. The molecule has 4 aromatic rings. The normalized spacial score (nSPS) is 11.1. The Balaban J connectivity index is 2.07. The Kier molecular flexibility index (Phi) is 3.87. The Labute approximate surface area is 147 Å². The van der Waals surface area contributed by atoms with Crippen molar-refractivity contribution in [3.05, 3.63) is 108 Å². The van der Waals surface area contributed by atoms with Gasteiger partial charge in [0.2, 0.25) is 0 Å². The quantitative estimate of drug-likeness (QED) is 0.403. The lowest BCUT2D eigenvalue weighted by Gasteiger charge is -2.23. The van der Waals surface area contributed by atoms with Crippen LogP contribution in [0.3, 0.4) is 0 Å². The maximum absolute atomic E-state index is 6.50. The first-order valence-electron chi connectivity index (χ1n) is 8.42. The van der Waals surface area contributed by atoms with Crippen LogP contribution in [-0.2, 0) is 0 Å². The van der Waals surface area contributed by atoms with E-state index in [9.17, 15) is 0 Å². The van der Waals surface area contributed by atoms with Crippen LogP contribution in [0.5, 0.6) is 0 Å². The van der Waals surface area contributed by atoms with Crippen LogP contribution < -0.4 is 11.5 Å². The van der Waals surface area contributed by atoms with E-state index in [0.717, 1.165) is 16.3 Å². The standard InChI is InChI=1S/C23H20N2/c24-20-15-18-13-7-8-14-19(18)22(23(20)25)21(16-9-3-1-4-10-16)17-11-5-2-6-12-17/h1-15,21H,24-25H2. The molecule has 0 atom stereocenters. The highest BCUT2D eigenvalue weighted by Gasteiger charge is 2.22. The number of nitrogens with two attached hydrogens (primary N) is 2. The summed E-state index contributed by atoms with van der Waals surface area (Å²) >= 11 is 0. The molecule has 0 bridgehead atoms. The van der Waals surface area contributed by atoms with E-state index < -0.39 is 0 Å². The summed E-state index contributed by atoms with van der Waals surface area (Å²) in [5.74, 6) is 0.0378. The topological polar surface area (TPSA) is 52.0 Å². The molecular weight excluding hydrogens is 304 g/mol. The van der Waals surface area contributed by atoms with Gasteiger partial charge in [-0.25, -0.2) is 0 Å². The summed E-state index contributed by atoms with van der Waals surface area (Å²) in [6.45, 7) is 0. The zero-order valence-corrected chi connectivity index (χ0v) is 13.9. The van der Waals surface area contributed by atoms with Crippen molar-refractivity contribution in [2.75, 3.05) is 11.5 Å². The molecule has 0 heterocycles. The third-order valence-electron chi connectivity index (χ3n) is 4.72. The van der Waals surface area contributed by atoms with Crippen LogP contribution >= 0.6 is 0 Å². The molecule has 0 aliphatic rings. The van der Waals surface area contributed by atoms with Gasteiger partial charge in [-0.05, 0) is 33.5 Å². The minimum Gasteiger partial charge on any atom is -0.397 e. The second-order valence-electron chi connectivity index (χ2n) is 6.27. The first-order valence-corrected chi connectivity index (χ1v) is 8.42. The zero-order chi connectivity index (χ0) is 17.2. The van der Waals surface area contributed by atoms with Crippen LogP contribution in [-0.4, -0.2) is 0 Å². The van der Waals surface area contributed by atoms with Gasteiger partial charge in [0, 0.05) is 5.92 Å². The molecule has 25 heavy (non-hydrogen) atoms. The molecular formula is C23H20N2. The third-order valence-corrected chi connectivity index (χ3v) is 4.72. The number of hydrogen-bond acceptors (Lipinski definition) is 2. The highest BCUT2D eigenvalue weighted by molar-refractivity contribution is 5.96. The molecule has 0 amide bonds. The number of fused-ring (bicyclic) bond motifs is 1. The van der Waals surface area contributed by atoms with Crippen molar-refractivity contribution in [1.82, 2.24) is 0 Å². The molecule has 0 saturated carbocycles. The van der Waals surface area contributed by atoms with E-state index >= 15 is 0 Å². The van der Waals surface area contributed by atoms with Gasteiger partial charge in [-0.15, -0.1) is 0 Å². The Morgan fingerprint density at radius 3 is 1.72 bits per heavy atom. The van der Waals surface area contributed by atoms with E-state index in [-0.39, 0.29) is 5.92 Å². The van der Waals surface area contributed by atoms with Crippen LogP contribution in [0.15, 0.2) is 91.0 Å². The maximum Gasteiger partial charge on any atom is 0.0596 e. The molecule has 0 spiro atoms. The van der Waals surface area contributed by atoms with Gasteiger partial charge in [0.15, 0.2) is 0 Å². The fourth-order valence-electron chi connectivity index (χ4n) is 3.54. The number of hydrogen-bond donors (Lipinski definition) is 2. The van der Waals surface area contributed by atoms with Gasteiger partial charge in [0.1, 0.15) is 0 Å². The van der Waals surface area contributed by atoms with Crippen molar-refractivity contribution in [3.63, 3.8) is 0 Å². The fraction of sp³-hybridized carbons (Fsp3) is 0.0435. The molecule has 0 fully saturated rings. The van der Waals surface area contributed by atoms with Crippen molar-refractivity contribution in [3.8, 4) is 0 Å². The van der Waals surface area contributed by atoms with Gasteiger partial charge in [-0.1, -0.05) is 84.9 Å².